The summed E-state index contributed by atoms with van der Waals surface area (Å²) in [6.07, 6.45) is 3.01. The highest BCUT2D eigenvalue weighted by Gasteiger charge is 2.15. The lowest BCUT2D eigenvalue weighted by Crippen LogP contribution is -2.07. The van der Waals surface area contributed by atoms with Crippen LogP contribution in [0.15, 0.2) is 36.9 Å². The number of benzene rings is 1. The van der Waals surface area contributed by atoms with Crippen LogP contribution in [0.5, 0.6) is 5.75 Å². The molecule has 0 heterocycles. The lowest BCUT2D eigenvalue weighted by Gasteiger charge is -2.15. The molecule has 94 valence electrons. The molecule has 1 rings (SSSR count). The molecule has 0 aliphatic heterocycles. The molecule has 0 saturated heterocycles. The van der Waals surface area contributed by atoms with Gasteiger partial charge in [-0.2, -0.15) is 8.78 Å². The van der Waals surface area contributed by atoms with Crippen molar-refractivity contribution in [2.75, 3.05) is 0 Å². The smallest absolute Gasteiger partial charge is 0.387 e. The number of aliphatic hydroxyl groups is 1. The van der Waals surface area contributed by atoms with Gasteiger partial charge in [0, 0.05) is 5.56 Å². The van der Waals surface area contributed by atoms with E-state index in [0.29, 0.717) is 12.0 Å². The van der Waals surface area contributed by atoms with Gasteiger partial charge in [-0.3, -0.25) is 0 Å². The molecule has 0 fully saturated rings. The van der Waals surface area contributed by atoms with E-state index in [0.717, 1.165) is 12.8 Å². The van der Waals surface area contributed by atoms with Crippen molar-refractivity contribution in [1.82, 2.24) is 0 Å². The Morgan fingerprint density at radius 1 is 1.35 bits per heavy atom. The summed E-state index contributed by atoms with van der Waals surface area (Å²) in [4.78, 5) is 0. The SMILES string of the molecule is C=CCCCC(O)c1ccccc1OC(F)F. The molecule has 1 atom stereocenters. The van der Waals surface area contributed by atoms with Gasteiger partial charge in [0.1, 0.15) is 5.75 Å². The second-order valence-electron chi connectivity index (χ2n) is 3.65. The van der Waals surface area contributed by atoms with Gasteiger partial charge in [0.25, 0.3) is 0 Å². The Morgan fingerprint density at radius 2 is 2.06 bits per heavy atom. The van der Waals surface area contributed by atoms with Gasteiger partial charge in [0.15, 0.2) is 0 Å². The summed E-state index contributed by atoms with van der Waals surface area (Å²) in [7, 11) is 0. The van der Waals surface area contributed by atoms with Crippen LogP contribution in [0.4, 0.5) is 8.78 Å². The van der Waals surface area contributed by atoms with Crippen LogP contribution >= 0.6 is 0 Å². The number of alkyl halides is 2. The van der Waals surface area contributed by atoms with Crippen molar-refractivity contribution in [2.45, 2.75) is 32.0 Å². The van der Waals surface area contributed by atoms with Gasteiger partial charge in [0.05, 0.1) is 6.10 Å². The molecule has 1 unspecified atom stereocenters. The Kier molecular flexibility index (Phi) is 5.63. The van der Waals surface area contributed by atoms with E-state index in [1.54, 1.807) is 24.3 Å². The summed E-state index contributed by atoms with van der Waals surface area (Å²) in [6.45, 7) is 0.703. The van der Waals surface area contributed by atoms with Crippen LogP contribution in [0.25, 0.3) is 0 Å². The predicted molar refractivity (Wildman–Crippen MR) is 62.1 cm³/mol. The van der Waals surface area contributed by atoms with Crippen LogP contribution in [0.2, 0.25) is 0 Å². The van der Waals surface area contributed by atoms with E-state index in [-0.39, 0.29) is 5.75 Å². The molecule has 0 saturated carbocycles. The Hall–Kier alpha value is -1.42. The summed E-state index contributed by atoms with van der Waals surface area (Å²) in [5.41, 5.74) is 0.400. The van der Waals surface area contributed by atoms with E-state index in [4.69, 9.17) is 0 Å². The number of allylic oxidation sites excluding steroid dienone is 1. The molecule has 1 aromatic carbocycles. The van der Waals surface area contributed by atoms with Gasteiger partial charge in [0.2, 0.25) is 0 Å². The molecular formula is C13H16F2O2. The lowest BCUT2D eigenvalue weighted by molar-refractivity contribution is -0.0516. The molecule has 4 heteroatoms. The van der Waals surface area contributed by atoms with Crippen molar-refractivity contribution < 1.29 is 18.6 Å². The maximum Gasteiger partial charge on any atom is 0.387 e. The molecule has 0 aliphatic rings. The van der Waals surface area contributed by atoms with Crippen LogP contribution in [-0.4, -0.2) is 11.7 Å². The summed E-state index contributed by atoms with van der Waals surface area (Å²) in [5.74, 6) is 0.0357. The van der Waals surface area contributed by atoms with E-state index in [9.17, 15) is 13.9 Å². The van der Waals surface area contributed by atoms with Gasteiger partial charge in [-0.15, -0.1) is 6.58 Å². The van der Waals surface area contributed by atoms with Crippen molar-refractivity contribution in [2.24, 2.45) is 0 Å². The Balaban J connectivity index is 2.70. The third-order valence-electron chi connectivity index (χ3n) is 2.38. The summed E-state index contributed by atoms with van der Waals surface area (Å²) in [5, 5.41) is 9.88. The summed E-state index contributed by atoms with van der Waals surface area (Å²) >= 11 is 0. The highest BCUT2D eigenvalue weighted by molar-refractivity contribution is 5.35. The standard InChI is InChI=1S/C13H16F2O2/c1-2-3-4-8-11(16)10-7-5-6-9-12(10)17-13(14)15/h2,5-7,9,11,13,16H,1,3-4,8H2. The first-order chi connectivity index (χ1) is 8.15. The van der Waals surface area contributed by atoms with E-state index < -0.39 is 12.7 Å². The van der Waals surface area contributed by atoms with Gasteiger partial charge >= 0.3 is 6.61 Å². The molecule has 0 aliphatic carbocycles. The second-order valence-corrected chi connectivity index (χ2v) is 3.65. The molecule has 17 heavy (non-hydrogen) atoms. The molecule has 0 amide bonds. The zero-order valence-corrected chi connectivity index (χ0v) is 9.48. The van der Waals surface area contributed by atoms with Gasteiger partial charge in [-0.05, 0) is 25.3 Å². The quantitative estimate of drug-likeness (QED) is 0.583. The van der Waals surface area contributed by atoms with Crippen LogP contribution in [0.1, 0.15) is 30.9 Å². The number of aliphatic hydroxyl groups excluding tert-OH is 1. The number of hydrogen-bond acceptors (Lipinski definition) is 2. The molecule has 0 bridgehead atoms. The first kappa shape index (κ1) is 13.6. The van der Waals surface area contributed by atoms with Gasteiger partial charge in [-0.1, -0.05) is 24.3 Å². The van der Waals surface area contributed by atoms with Crippen LogP contribution in [-0.2, 0) is 0 Å². The maximum atomic E-state index is 12.2. The lowest BCUT2D eigenvalue weighted by atomic mass is 10.0. The average molecular weight is 242 g/mol. The average Bonchev–Trinajstić information content (AvgIpc) is 2.29. The monoisotopic (exact) mass is 242 g/mol. The van der Waals surface area contributed by atoms with E-state index in [1.807, 2.05) is 0 Å². The fourth-order valence-corrected chi connectivity index (χ4v) is 1.57. The molecule has 0 spiro atoms. The minimum Gasteiger partial charge on any atom is -0.434 e. The van der Waals surface area contributed by atoms with Crippen molar-refractivity contribution in [3.05, 3.63) is 42.5 Å². The molecule has 1 aromatic rings. The number of halogens is 2. The van der Waals surface area contributed by atoms with Crippen molar-refractivity contribution in [3.63, 3.8) is 0 Å². The van der Waals surface area contributed by atoms with Crippen molar-refractivity contribution >= 4 is 0 Å². The minimum atomic E-state index is -2.88. The second kappa shape index (κ2) is 7.01. The molecule has 0 aromatic heterocycles. The largest absolute Gasteiger partial charge is 0.434 e. The summed E-state index contributed by atoms with van der Waals surface area (Å²) in [6, 6.07) is 6.30. The first-order valence-electron chi connectivity index (χ1n) is 5.48. The first-order valence-corrected chi connectivity index (χ1v) is 5.48. The fraction of sp³-hybridized carbons (Fsp3) is 0.385. The Bertz CT molecular complexity index is 353. The topological polar surface area (TPSA) is 29.5 Å². The van der Waals surface area contributed by atoms with E-state index in [1.165, 1.54) is 6.07 Å². The highest BCUT2D eigenvalue weighted by atomic mass is 19.3. The highest BCUT2D eigenvalue weighted by Crippen LogP contribution is 2.29. The van der Waals surface area contributed by atoms with Crippen LogP contribution in [0, 0.1) is 0 Å². The van der Waals surface area contributed by atoms with Crippen LogP contribution in [0.3, 0.4) is 0 Å². The van der Waals surface area contributed by atoms with Crippen LogP contribution < -0.4 is 4.74 Å². The minimum absolute atomic E-state index is 0.0357. The zero-order chi connectivity index (χ0) is 12.7. The Morgan fingerprint density at radius 3 is 2.71 bits per heavy atom. The predicted octanol–water partition coefficient (Wildman–Crippen LogP) is 3.68. The van der Waals surface area contributed by atoms with Crippen molar-refractivity contribution in [3.8, 4) is 5.75 Å². The van der Waals surface area contributed by atoms with Gasteiger partial charge in [-0.25, -0.2) is 0 Å². The third kappa shape index (κ3) is 4.53. The summed E-state index contributed by atoms with van der Waals surface area (Å²) < 4.78 is 28.7. The normalized spacial score (nSPS) is 12.5. The van der Waals surface area contributed by atoms with Crippen molar-refractivity contribution in [1.29, 1.82) is 0 Å². The number of rotatable bonds is 7. The van der Waals surface area contributed by atoms with Gasteiger partial charge < -0.3 is 9.84 Å². The molecular weight excluding hydrogens is 226 g/mol. The zero-order valence-electron chi connectivity index (χ0n) is 9.48. The van der Waals surface area contributed by atoms with E-state index in [2.05, 4.69) is 11.3 Å². The maximum absolute atomic E-state index is 12.2. The number of unbranched alkanes of at least 4 members (excludes halogenated alkanes) is 1. The molecule has 1 N–H and O–H groups in total. The third-order valence-corrected chi connectivity index (χ3v) is 2.38. The molecule has 0 radical (unpaired) electrons. The fourth-order valence-electron chi connectivity index (χ4n) is 1.57. The van der Waals surface area contributed by atoms with E-state index >= 15 is 0 Å². The molecule has 2 nitrogen and oxygen atoms in total. The number of para-hydroxylation sites is 1. The number of ether oxygens (including phenoxy) is 1. The number of hydrogen-bond donors (Lipinski definition) is 1. The Labute approximate surface area is 99.5 Å².